The van der Waals surface area contributed by atoms with Crippen molar-refractivity contribution >= 4 is 0 Å². The van der Waals surface area contributed by atoms with Crippen LogP contribution in [-0.2, 0) is 0 Å². The Morgan fingerprint density at radius 3 is 2.21 bits per heavy atom. The third-order valence-electron chi connectivity index (χ3n) is 5.47. The van der Waals surface area contributed by atoms with Crippen LogP contribution in [0.15, 0.2) is 61.2 Å². The van der Waals surface area contributed by atoms with Crippen LogP contribution in [0.2, 0.25) is 0 Å². The van der Waals surface area contributed by atoms with Gasteiger partial charge in [0, 0.05) is 23.9 Å². The number of nitrogens with one attached hydrogen (secondary N) is 1. The van der Waals surface area contributed by atoms with E-state index in [1.807, 2.05) is 61.2 Å². The molecule has 3 heterocycles. The van der Waals surface area contributed by atoms with Gasteiger partial charge >= 0.3 is 0 Å². The molecular weight excluding hydrogens is 362 g/mol. The van der Waals surface area contributed by atoms with Crippen LogP contribution in [-0.4, -0.2) is 32.0 Å². The fourth-order valence-corrected chi connectivity index (χ4v) is 3.46. The first-order valence-electron chi connectivity index (χ1n) is 9.78. The zero-order valence-electron chi connectivity index (χ0n) is 16.2. The Kier molecular flexibility index (Phi) is 4.52. The van der Waals surface area contributed by atoms with Crippen molar-refractivity contribution in [2.45, 2.75) is 25.2 Å². The molecule has 0 aliphatic heterocycles. The van der Waals surface area contributed by atoms with Crippen molar-refractivity contribution in [3.8, 4) is 39.8 Å². The number of imidazole rings is 1. The molecule has 6 nitrogen and oxygen atoms in total. The molecule has 0 amide bonds. The Bertz CT molecular complexity index is 1100. The highest BCUT2D eigenvalue weighted by molar-refractivity contribution is 5.65. The zero-order valence-corrected chi connectivity index (χ0v) is 16.2. The Balaban J connectivity index is 1.34. The molecule has 1 saturated carbocycles. The lowest BCUT2D eigenvalue weighted by molar-refractivity contribution is 0.410. The Morgan fingerprint density at radius 1 is 0.793 bits per heavy atom. The fraction of sp³-hybridized carbons (Fsp3) is 0.217. The molecule has 0 spiro atoms. The third kappa shape index (κ3) is 3.49. The molecule has 4 aromatic rings. The van der Waals surface area contributed by atoms with Gasteiger partial charge in [0.05, 0.1) is 36.6 Å². The Hall–Kier alpha value is -3.54. The molecule has 1 N–H and O–H groups in total. The molecule has 1 aliphatic carbocycles. The smallest absolute Gasteiger partial charge is 0.156 e. The number of rotatable bonds is 5. The van der Waals surface area contributed by atoms with Gasteiger partial charge < -0.3 is 9.72 Å². The lowest BCUT2D eigenvalue weighted by atomic mass is 9.83. The largest absolute Gasteiger partial charge is 0.497 e. The van der Waals surface area contributed by atoms with E-state index in [0.29, 0.717) is 5.92 Å². The summed E-state index contributed by atoms with van der Waals surface area (Å²) in [6.45, 7) is 0. The Morgan fingerprint density at radius 2 is 1.59 bits per heavy atom. The van der Waals surface area contributed by atoms with Crippen LogP contribution in [0, 0.1) is 0 Å². The molecule has 1 fully saturated rings. The summed E-state index contributed by atoms with van der Waals surface area (Å²) in [6, 6.07) is 11.8. The van der Waals surface area contributed by atoms with Gasteiger partial charge in [-0.1, -0.05) is 6.42 Å². The minimum absolute atomic E-state index is 0.593. The van der Waals surface area contributed by atoms with E-state index in [1.54, 1.807) is 7.11 Å². The summed E-state index contributed by atoms with van der Waals surface area (Å²) in [7, 11) is 1.66. The van der Waals surface area contributed by atoms with Crippen molar-refractivity contribution in [3.63, 3.8) is 0 Å². The number of hydrogen-bond acceptors (Lipinski definition) is 5. The SMILES string of the molecule is COc1ccc(-c2cnc(-c3ccc(-c4cnc(C5CCC5)cn4)cn3)[nH]2)cc1. The molecule has 29 heavy (non-hydrogen) atoms. The normalized spacial score (nSPS) is 13.8. The van der Waals surface area contributed by atoms with Gasteiger partial charge in [-0.05, 0) is 54.8 Å². The van der Waals surface area contributed by atoms with Crippen molar-refractivity contribution in [2.24, 2.45) is 0 Å². The van der Waals surface area contributed by atoms with Crippen molar-refractivity contribution < 1.29 is 4.74 Å². The number of H-pyrrole nitrogens is 1. The topological polar surface area (TPSA) is 76.6 Å². The molecule has 0 radical (unpaired) electrons. The lowest BCUT2D eigenvalue weighted by Crippen LogP contribution is -2.10. The zero-order chi connectivity index (χ0) is 19.6. The highest BCUT2D eigenvalue weighted by Gasteiger charge is 2.21. The molecule has 0 saturated heterocycles. The molecule has 0 unspecified atom stereocenters. The predicted octanol–water partition coefficient (Wildman–Crippen LogP) is 4.87. The summed E-state index contributed by atoms with van der Waals surface area (Å²) in [5.41, 5.74) is 5.65. The van der Waals surface area contributed by atoms with E-state index in [0.717, 1.165) is 45.5 Å². The maximum absolute atomic E-state index is 5.21. The van der Waals surface area contributed by atoms with E-state index < -0.39 is 0 Å². The second-order valence-electron chi connectivity index (χ2n) is 7.26. The van der Waals surface area contributed by atoms with E-state index in [1.165, 1.54) is 19.3 Å². The number of nitrogens with zero attached hydrogens (tertiary/aromatic N) is 4. The maximum atomic E-state index is 5.21. The molecule has 144 valence electrons. The summed E-state index contributed by atoms with van der Waals surface area (Å²) < 4.78 is 5.21. The second-order valence-corrected chi connectivity index (χ2v) is 7.26. The first-order valence-corrected chi connectivity index (χ1v) is 9.78. The van der Waals surface area contributed by atoms with Crippen LogP contribution in [0.1, 0.15) is 30.9 Å². The highest BCUT2D eigenvalue weighted by atomic mass is 16.5. The number of ether oxygens (including phenoxy) is 1. The van der Waals surface area contributed by atoms with Gasteiger partial charge in [0.25, 0.3) is 0 Å². The number of methoxy groups -OCH3 is 1. The van der Waals surface area contributed by atoms with Crippen LogP contribution in [0.4, 0.5) is 0 Å². The van der Waals surface area contributed by atoms with Crippen molar-refractivity contribution in [2.75, 3.05) is 7.11 Å². The van der Waals surface area contributed by atoms with Crippen LogP contribution in [0.25, 0.3) is 34.0 Å². The lowest BCUT2D eigenvalue weighted by Gasteiger charge is -2.24. The average Bonchev–Trinajstić information content (AvgIpc) is 3.24. The van der Waals surface area contributed by atoms with Crippen molar-refractivity contribution in [1.29, 1.82) is 0 Å². The molecule has 1 aliphatic rings. The molecule has 1 aromatic carbocycles. The molecule has 0 atom stereocenters. The van der Waals surface area contributed by atoms with Gasteiger partial charge in [0.1, 0.15) is 11.4 Å². The summed E-state index contributed by atoms with van der Waals surface area (Å²) in [5, 5.41) is 0. The molecular formula is C23H21N5O. The van der Waals surface area contributed by atoms with Gasteiger partial charge in [-0.3, -0.25) is 15.0 Å². The molecule has 3 aromatic heterocycles. The average molecular weight is 383 g/mol. The monoisotopic (exact) mass is 383 g/mol. The van der Waals surface area contributed by atoms with E-state index in [9.17, 15) is 0 Å². The van der Waals surface area contributed by atoms with Crippen molar-refractivity contribution in [1.82, 2.24) is 24.9 Å². The fourth-order valence-electron chi connectivity index (χ4n) is 3.46. The number of benzene rings is 1. The highest BCUT2D eigenvalue weighted by Crippen LogP contribution is 2.35. The minimum atomic E-state index is 0.593. The maximum Gasteiger partial charge on any atom is 0.156 e. The predicted molar refractivity (Wildman–Crippen MR) is 111 cm³/mol. The summed E-state index contributed by atoms with van der Waals surface area (Å²) in [6.07, 6.45) is 11.1. The first-order chi connectivity index (χ1) is 14.3. The van der Waals surface area contributed by atoms with E-state index in [-0.39, 0.29) is 0 Å². The molecule has 0 bridgehead atoms. The van der Waals surface area contributed by atoms with Gasteiger partial charge in [-0.15, -0.1) is 0 Å². The Labute approximate surface area is 169 Å². The quantitative estimate of drug-likeness (QED) is 0.532. The number of aromatic nitrogens is 5. The van der Waals surface area contributed by atoms with E-state index >= 15 is 0 Å². The van der Waals surface area contributed by atoms with Gasteiger partial charge in [0.2, 0.25) is 0 Å². The van der Waals surface area contributed by atoms with Crippen LogP contribution in [0.3, 0.4) is 0 Å². The van der Waals surface area contributed by atoms with Crippen molar-refractivity contribution in [3.05, 3.63) is 66.9 Å². The van der Waals surface area contributed by atoms with Gasteiger partial charge in [0.15, 0.2) is 5.82 Å². The van der Waals surface area contributed by atoms with Crippen LogP contribution >= 0.6 is 0 Å². The minimum Gasteiger partial charge on any atom is -0.497 e. The summed E-state index contributed by atoms with van der Waals surface area (Å²) in [5.74, 6) is 2.15. The summed E-state index contributed by atoms with van der Waals surface area (Å²) >= 11 is 0. The third-order valence-corrected chi connectivity index (χ3v) is 5.47. The second kappa shape index (κ2) is 7.47. The van der Waals surface area contributed by atoms with Gasteiger partial charge in [-0.2, -0.15) is 0 Å². The van der Waals surface area contributed by atoms with Gasteiger partial charge in [-0.25, -0.2) is 4.98 Å². The van der Waals surface area contributed by atoms with Crippen LogP contribution in [0.5, 0.6) is 5.75 Å². The molecule has 5 rings (SSSR count). The first kappa shape index (κ1) is 17.6. The van der Waals surface area contributed by atoms with E-state index in [4.69, 9.17) is 4.74 Å². The molecule has 6 heteroatoms. The standard InChI is InChI=1S/C23H21N5O/c1-29-18-8-5-16(6-9-18)22-14-27-23(28-22)19-10-7-17(11-24-19)21-13-25-20(12-26-21)15-3-2-4-15/h5-15H,2-4H2,1H3,(H,27,28). The summed E-state index contributed by atoms with van der Waals surface area (Å²) in [4.78, 5) is 21.5. The van der Waals surface area contributed by atoms with E-state index in [2.05, 4.69) is 24.9 Å². The van der Waals surface area contributed by atoms with Crippen LogP contribution < -0.4 is 4.74 Å². The number of hydrogen-bond donors (Lipinski definition) is 1. The number of aromatic amines is 1. The number of pyridine rings is 1.